The molecule has 0 aromatic heterocycles. The van der Waals surface area contributed by atoms with Crippen LogP contribution in [0.25, 0.3) is 0 Å². The van der Waals surface area contributed by atoms with Crippen molar-refractivity contribution in [2.75, 3.05) is 0 Å². The summed E-state index contributed by atoms with van der Waals surface area (Å²) in [5.74, 6) is 0. The van der Waals surface area contributed by atoms with E-state index in [0.717, 1.165) is 0 Å². The normalized spacial score (nSPS) is 12.4. The Labute approximate surface area is 136 Å². The van der Waals surface area contributed by atoms with E-state index in [-0.39, 0.29) is 37.1 Å². The SMILES string of the molecule is C[Si](C)O[Si](C)(C)O[Si](C)(C)O[Si](C)C.[V].[V]. The maximum absolute atomic E-state index is 6.13. The number of rotatable bonds is 6. The third-order valence-electron chi connectivity index (χ3n) is 1.39. The second kappa shape index (κ2) is 9.76. The number of hydrogen-bond donors (Lipinski definition) is 0. The van der Waals surface area contributed by atoms with Gasteiger partial charge in [0, 0.05) is 37.1 Å². The summed E-state index contributed by atoms with van der Waals surface area (Å²) in [6.07, 6.45) is 0. The Balaban J connectivity index is -0.000000980. The fourth-order valence-electron chi connectivity index (χ4n) is 1.62. The van der Waals surface area contributed by atoms with Gasteiger partial charge in [0.05, 0.1) is 0 Å². The first-order valence-corrected chi connectivity index (χ1v) is 15.7. The Morgan fingerprint density at radius 3 is 1.06 bits per heavy atom. The van der Waals surface area contributed by atoms with E-state index in [9.17, 15) is 0 Å². The zero-order chi connectivity index (χ0) is 12.3. The van der Waals surface area contributed by atoms with E-state index in [4.69, 9.17) is 12.3 Å². The predicted molar refractivity (Wildman–Crippen MR) is 73.2 cm³/mol. The van der Waals surface area contributed by atoms with Gasteiger partial charge in [-0.2, -0.15) is 0 Å². The van der Waals surface area contributed by atoms with Gasteiger partial charge < -0.3 is 12.3 Å². The summed E-state index contributed by atoms with van der Waals surface area (Å²) >= 11 is 0. The van der Waals surface area contributed by atoms with E-state index in [2.05, 4.69) is 52.4 Å². The molecular weight excluding hydrogens is 358 g/mol. The maximum atomic E-state index is 6.13. The van der Waals surface area contributed by atoms with Crippen molar-refractivity contribution in [3.8, 4) is 0 Å². The molecule has 0 N–H and O–H groups in total. The minimum atomic E-state index is -1.97. The van der Waals surface area contributed by atoms with E-state index < -0.39 is 35.2 Å². The van der Waals surface area contributed by atoms with Crippen LogP contribution in [-0.2, 0) is 49.5 Å². The third kappa shape index (κ3) is 14.1. The Bertz CT molecular complexity index is 183. The van der Waals surface area contributed by atoms with E-state index in [0.29, 0.717) is 0 Å². The quantitative estimate of drug-likeness (QED) is 0.661. The minimum Gasteiger partial charge on any atom is -0.437 e. The second-order valence-electron chi connectivity index (χ2n) is 4.92. The smallest absolute Gasteiger partial charge is 0.312 e. The standard InChI is InChI=1S/C8H24O3Si4.2V/c1-12(2)9-14(5,6)11-15(7,8)10-13(3)4;;/h1-8H3;;. The molecule has 0 aliphatic heterocycles. The molecule has 9 heteroatoms. The molecule has 0 atom stereocenters. The van der Waals surface area contributed by atoms with Crippen LogP contribution in [0.3, 0.4) is 0 Å². The van der Waals surface area contributed by atoms with Gasteiger partial charge in [0.1, 0.15) is 0 Å². The van der Waals surface area contributed by atoms with E-state index in [1.54, 1.807) is 0 Å². The molecule has 0 aromatic rings. The summed E-state index contributed by atoms with van der Waals surface area (Å²) in [5.41, 5.74) is 0. The summed E-state index contributed by atoms with van der Waals surface area (Å²) in [6, 6.07) is 0. The molecular formula is C8H24O3Si4V2. The van der Waals surface area contributed by atoms with Gasteiger partial charge in [-0.3, -0.25) is 0 Å². The molecule has 4 radical (unpaired) electrons. The zero-order valence-electron chi connectivity index (χ0n) is 12.1. The first-order chi connectivity index (χ1) is 6.54. The molecule has 0 aromatic carbocycles. The molecule has 0 fully saturated rings. The summed E-state index contributed by atoms with van der Waals surface area (Å²) in [6.45, 7) is 17.0. The molecule has 0 saturated carbocycles. The zero-order valence-corrected chi connectivity index (χ0v) is 18.9. The fourth-order valence-corrected chi connectivity index (χ4v) is 15.3. The largest absolute Gasteiger partial charge is 0.437 e. The molecule has 0 aliphatic rings. The van der Waals surface area contributed by atoms with Crippen molar-refractivity contribution in [2.24, 2.45) is 0 Å². The summed E-state index contributed by atoms with van der Waals surface area (Å²) in [5, 5.41) is 0. The van der Waals surface area contributed by atoms with Crippen molar-refractivity contribution in [1.29, 1.82) is 0 Å². The Morgan fingerprint density at radius 1 is 0.647 bits per heavy atom. The van der Waals surface area contributed by atoms with Crippen LogP contribution in [0.2, 0.25) is 52.4 Å². The van der Waals surface area contributed by atoms with Gasteiger partial charge in [-0.25, -0.2) is 0 Å². The van der Waals surface area contributed by atoms with Crippen LogP contribution in [-0.4, -0.2) is 35.2 Å². The molecule has 0 heterocycles. The average Bonchev–Trinajstić information content (AvgIpc) is 1.73. The van der Waals surface area contributed by atoms with Crippen LogP contribution in [0.1, 0.15) is 0 Å². The van der Waals surface area contributed by atoms with Crippen molar-refractivity contribution in [3.05, 3.63) is 0 Å². The topological polar surface area (TPSA) is 27.7 Å². The van der Waals surface area contributed by atoms with Crippen LogP contribution in [0.15, 0.2) is 0 Å². The monoisotopic (exact) mass is 382 g/mol. The van der Waals surface area contributed by atoms with Gasteiger partial charge in [-0.15, -0.1) is 0 Å². The van der Waals surface area contributed by atoms with Crippen molar-refractivity contribution in [2.45, 2.75) is 52.4 Å². The molecule has 0 aliphatic carbocycles. The van der Waals surface area contributed by atoms with Crippen molar-refractivity contribution >= 4 is 35.2 Å². The van der Waals surface area contributed by atoms with Crippen molar-refractivity contribution in [3.63, 3.8) is 0 Å². The van der Waals surface area contributed by atoms with E-state index >= 15 is 0 Å². The predicted octanol–water partition coefficient (Wildman–Crippen LogP) is 2.94. The van der Waals surface area contributed by atoms with Gasteiger partial charge in [-0.05, 0) is 52.4 Å². The second-order valence-corrected chi connectivity index (χ2v) is 16.6. The first-order valence-electron chi connectivity index (χ1n) is 5.22. The molecule has 0 rings (SSSR count). The molecule has 100 valence electrons. The van der Waals surface area contributed by atoms with Crippen LogP contribution in [0, 0.1) is 0 Å². The summed E-state index contributed by atoms with van der Waals surface area (Å²) < 4.78 is 18.0. The van der Waals surface area contributed by atoms with Gasteiger partial charge >= 0.3 is 17.1 Å². The Hall–Kier alpha value is 1.92. The van der Waals surface area contributed by atoms with Gasteiger partial charge in [0.2, 0.25) is 0 Å². The van der Waals surface area contributed by atoms with Crippen LogP contribution < -0.4 is 0 Å². The van der Waals surface area contributed by atoms with Crippen LogP contribution in [0.4, 0.5) is 0 Å². The first kappa shape index (κ1) is 24.0. The van der Waals surface area contributed by atoms with E-state index in [1.807, 2.05) is 0 Å². The molecule has 17 heavy (non-hydrogen) atoms. The summed E-state index contributed by atoms with van der Waals surface area (Å²) in [4.78, 5) is 0. The number of hydrogen-bond acceptors (Lipinski definition) is 3. The molecule has 0 saturated heterocycles. The van der Waals surface area contributed by atoms with E-state index in [1.165, 1.54) is 0 Å². The van der Waals surface area contributed by atoms with Crippen molar-refractivity contribution < 1.29 is 49.5 Å². The Morgan fingerprint density at radius 2 is 0.882 bits per heavy atom. The minimum absolute atomic E-state index is 0. The molecule has 0 amide bonds. The van der Waals surface area contributed by atoms with Gasteiger partial charge in [-0.1, -0.05) is 0 Å². The van der Waals surface area contributed by atoms with Crippen LogP contribution in [0.5, 0.6) is 0 Å². The van der Waals surface area contributed by atoms with Gasteiger partial charge in [0.25, 0.3) is 0 Å². The molecule has 3 nitrogen and oxygen atoms in total. The fraction of sp³-hybridized carbons (Fsp3) is 1.00. The maximum Gasteiger partial charge on any atom is 0.312 e. The molecule has 0 bridgehead atoms. The van der Waals surface area contributed by atoms with Gasteiger partial charge in [0.15, 0.2) is 18.1 Å². The van der Waals surface area contributed by atoms with Crippen molar-refractivity contribution in [1.82, 2.24) is 0 Å². The third-order valence-corrected chi connectivity index (χ3v) is 12.5. The van der Waals surface area contributed by atoms with Crippen LogP contribution >= 0.6 is 0 Å². The molecule has 0 unspecified atom stereocenters. The molecule has 0 spiro atoms. The average molecular weight is 383 g/mol. The summed E-state index contributed by atoms with van der Waals surface area (Å²) in [7, 11) is -5.30. The Kier molecular flexibility index (Phi) is 13.8.